The molecule has 0 amide bonds. The van der Waals surface area contributed by atoms with Crippen LogP contribution in [0.2, 0.25) is 0 Å². The molecule has 0 aliphatic heterocycles. The van der Waals surface area contributed by atoms with Crippen LogP contribution >= 0.6 is 0 Å². The van der Waals surface area contributed by atoms with Crippen molar-refractivity contribution in [1.82, 2.24) is 0 Å². The molecule has 4 nitrogen and oxygen atoms in total. The Balaban J connectivity index is 3.14. The first-order valence-corrected chi connectivity index (χ1v) is 4.77. The van der Waals surface area contributed by atoms with Crippen molar-refractivity contribution in [2.45, 2.75) is 6.42 Å². The number of methoxy groups -OCH3 is 1. The molecule has 84 valence electrons. The van der Waals surface area contributed by atoms with Crippen molar-refractivity contribution in [3.63, 3.8) is 0 Å². The zero-order chi connectivity index (χ0) is 12.0. The fraction of sp³-hybridized carbons (Fsp3) is 0.167. The number of nitro groups is 1. The normalized spacial score (nSPS) is 24.9. The summed E-state index contributed by atoms with van der Waals surface area (Å²) in [5.41, 5.74) is 0.793. The maximum Gasteiger partial charge on any atom is 0.291 e. The predicted octanol–water partition coefficient (Wildman–Crippen LogP) is 2.75. The topological polar surface area (TPSA) is 52.4 Å². The molecule has 0 saturated heterocycles. The fourth-order valence-corrected chi connectivity index (χ4v) is 1.22. The molecule has 0 fully saturated rings. The van der Waals surface area contributed by atoms with Crippen LogP contribution in [-0.2, 0) is 4.74 Å². The highest BCUT2D eigenvalue weighted by atomic mass is 16.6. The van der Waals surface area contributed by atoms with Gasteiger partial charge in [-0.05, 0) is 11.6 Å². The van der Waals surface area contributed by atoms with Gasteiger partial charge in [-0.15, -0.1) is 0 Å². The molecule has 0 radical (unpaired) electrons. The summed E-state index contributed by atoms with van der Waals surface area (Å²) in [5.74, 6) is 0.256. The molecule has 1 aliphatic carbocycles. The van der Waals surface area contributed by atoms with E-state index in [0.29, 0.717) is 0 Å². The standard InChI is InChI=1S/C12H13NO3/c1-10-6-4-3-5-7-11(13(14)15)12(16-2)9-8-10/h3-6,8-9H,1,7H2,2H3/b5-3-,6-4-,9-8?,12-11-. The minimum absolute atomic E-state index is 0.0399. The summed E-state index contributed by atoms with van der Waals surface area (Å²) in [6.07, 6.45) is 10.5. The van der Waals surface area contributed by atoms with E-state index in [2.05, 4.69) is 6.58 Å². The molecule has 0 aromatic rings. The van der Waals surface area contributed by atoms with Gasteiger partial charge in [0.25, 0.3) is 5.70 Å². The zero-order valence-electron chi connectivity index (χ0n) is 9.05. The van der Waals surface area contributed by atoms with Gasteiger partial charge in [0, 0.05) is 0 Å². The van der Waals surface area contributed by atoms with Crippen LogP contribution in [0.4, 0.5) is 0 Å². The van der Waals surface area contributed by atoms with Crippen LogP contribution in [0.15, 0.2) is 60.1 Å². The van der Waals surface area contributed by atoms with E-state index in [1.54, 1.807) is 30.4 Å². The molecule has 1 aliphatic rings. The SMILES string of the molecule is C=C1C=C/C(OC)=C(/[N+](=O)[O-])C/C=C\C=C/1. The van der Waals surface area contributed by atoms with E-state index in [1.807, 2.05) is 6.08 Å². The molecule has 0 N–H and O–H groups in total. The third kappa shape index (κ3) is 3.24. The lowest BCUT2D eigenvalue weighted by Gasteiger charge is -2.03. The van der Waals surface area contributed by atoms with Gasteiger partial charge in [-0.3, -0.25) is 10.1 Å². The van der Waals surface area contributed by atoms with Gasteiger partial charge in [-0.25, -0.2) is 0 Å². The average Bonchev–Trinajstić information content (AvgIpc) is 2.26. The molecule has 0 heterocycles. The Hall–Kier alpha value is -2.10. The number of hydrogen-bond donors (Lipinski definition) is 0. The van der Waals surface area contributed by atoms with E-state index >= 15 is 0 Å². The Bertz CT molecular complexity index is 414. The van der Waals surface area contributed by atoms with Gasteiger partial charge in [-0.1, -0.05) is 37.0 Å². The molecule has 0 saturated carbocycles. The first-order valence-electron chi connectivity index (χ1n) is 4.77. The van der Waals surface area contributed by atoms with Crippen LogP contribution in [0.1, 0.15) is 6.42 Å². The van der Waals surface area contributed by atoms with Gasteiger partial charge >= 0.3 is 0 Å². The second kappa shape index (κ2) is 5.70. The van der Waals surface area contributed by atoms with Gasteiger partial charge in [0.15, 0.2) is 5.76 Å². The van der Waals surface area contributed by atoms with Gasteiger partial charge in [0.1, 0.15) is 0 Å². The summed E-state index contributed by atoms with van der Waals surface area (Å²) in [5, 5.41) is 10.8. The van der Waals surface area contributed by atoms with Crippen molar-refractivity contribution < 1.29 is 9.66 Å². The highest BCUT2D eigenvalue weighted by Gasteiger charge is 2.15. The highest BCUT2D eigenvalue weighted by molar-refractivity contribution is 5.34. The Morgan fingerprint density at radius 1 is 1.38 bits per heavy atom. The molecule has 16 heavy (non-hydrogen) atoms. The predicted molar refractivity (Wildman–Crippen MR) is 62.2 cm³/mol. The molecule has 0 unspecified atom stereocenters. The van der Waals surface area contributed by atoms with Crippen molar-refractivity contribution in [1.29, 1.82) is 0 Å². The number of nitrogens with zero attached hydrogens (tertiary/aromatic N) is 1. The zero-order valence-corrected chi connectivity index (χ0v) is 9.05. The smallest absolute Gasteiger partial charge is 0.291 e. The van der Waals surface area contributed by atoms with Crippen LogP contribution in [-0.4, -0.2) is 12.0 Å². The van der Waals surface area contributed by atoms with Crippen LogP contribution < -0.4 is 0 Å². The quantitative estimate of drug-likeness (QED) is 0.530. The second-order valence-corrected chi connectivity index (χ2v) is 3.17. The highest BCUT2D eigenvalue weighted by Crippen LogP contribution is 2.15. The number of allylic oxidation sites excluding steroid dienone is 7. The summed E-state index contributed by atoms with van der Waals surface area (Å²) in [4.78, 5) is 10.4. The first kappa shape index (κ1) is 12.0. The van der Waals surface area contributed by atoms with E-state index in [4.69, 9.17) is 4.74 Å². The largest absolute Gasteiger partial charge is 0.490 e. The van der Waals surface area contributed by atoms with E-state index < -0.39 is 4.92 Å². The van der Waals surface area contributed by atoms with Crippen molar-refractivity contribution in [3.05, 3.63) is 70.2 Å². The maximum atomic E-state index is 10.8. The lowest BCUT2D eigenvalue weighted by atomic mass is 10.1. The van der Waals surface area contributed by atoms with E-state index in [-0.39, 0.29) is 17.9 Å². The molecule has 4 heteroatoms. The minimum Gasteiger partial charge on any atom is -0.490 e. The van der Waals surface area contributed by atoms with Crippen LogP contribution in [0.3, 0.4) is 0 Å². The van der Waals surface area contributed by atoms with Gasteiger partial charge in [0.2, 0.25) is 0 Å². The Morgan fingerprint density at radius 2 is 2.12 bits per heavy atom. The summed E-state index contributed by atoms with van der Waals surface area (Å²) in [6.45, 7) is 3.77. The van der Waals surface area contributed by atoms with E-state index in [1.165, 1.54) is 7.11 Å². The Kier molecular flexibility index (Phi) is 4.27. The summed E-state index contributed by atoms with van der Waals surface area (Å²) in [7, 11) is 1.41. The summed E-state index contributed by atoms with van der Waals surface area (Å²) < 4.78 is 5.00. The Labute approximate surface area is 94.1 Å². The van der Waals surface area contributed by atoms with E-state index in [0.717, 1.165) is 5.57 Å². The second-order valence-electron chi connectivity index (χ2n) is 3.17. The first-order chi connectivity index (χ1) is 7.65. The third-order valence-electron chi connectivity index (χ3n) is 2.04. The molecule has 0 atom stereocenters. The summed E-state index contributed by atoms with van der Waals surface area (Å²) in [6, 6.07) is 0. The molecule has 1 rings (SSSR count). The molecule has 0 spiro atoms. The summed E-state index contributed by atoms with van der Waals surface area (Å²) >= 11 is 0. The average molecular weight is 219 g/mol. The molecular weight excluding hydrogens is 206 g/mol. The van der Waals surface area contributed by atoms with Gasteiger partial charge < -0.3 is 4.74 Å². The molecular formula is C12H13NO3. The fourth-order valence-electron chi connectivity index (χ4n) is 1.22. The van der Waals surface area contributed by atoms with Crippen LogP contribution in [0, 0.1) is 10.1 Å². The number of ether oxygens (including phenoxy) is 1. The Morgan fingerprint density at radius 3 is 2.75 bits per heavy atom. The minimum atomic E-state index is -0.429. The van der Waals surface area contributed by atoms with E-state index in [9.17, 15) is 10.1 Å². The van der Waals surface area contributed by atoms with Gasteiger partial charge in [0.05, 0.1) is 18.5 Å². The lowest BCUT2D eigenvalue weighted by Crippen LogP contribution is -2.03. The van der Waals surface area contributed by atoms with Crippen molar-refractivity contribution in [2.75, 3.05) is 7.11 Å². The molecule has 0 aromatic heterocycles. The van der Waals surface area contributed by atoms with Crippen molar-refractivity contribution in [3.8, 4) is 0 Å². The van der Waals surface area contributed by atoms with Crippen molar-refractivity contribution in [2.24, 2.45) is 0 Å². The lowest BCUT2D eigenvalue weighted by molar-refractivity contribution is -0.429. The molecule has 0 aromatic carbocycles. The third-order valence-corrected chi connectivity index (χ3v) is 2.04. The number of rotatable bonds is 2. The van der Waals surface area contributed by atoms with Crippen LogP contribution in [0.25, 0.3) is 0 Å². The van der Waals surface area contributed by atoms with Crippen molar-refractivity contribution >= 4 is 0 Å². The molecule has 0 bridgehead atoms. The monoisotopic (exact) mass is 219 g/mol. The number of hydrogen-bond acceptors (Lipinski definition) is 3. The van der Waals surface area contributed by atoms with Crippen LogP contribution in [0.5, 0.6) is 0 Å². The van der Waals surface area contributed by atoms with Gasteiger partial charge in [-0.2, -0.15) is 0 Å². The maximum absolute atomic E-state index is 10.8.